The molecule has 26 heavy (non-hydrogen) atoms. The van der Waals surface area contributed by atoms with Gasteiger partial charge in [0.25, 0.3) is 11.9 Å². The molecule has 0 aromatic carbocycles. The van der Waals surface area contributed by atoms with Gasteiger partial charge in [-0.3, -0.25) is 14.4 Å². The van der Waals surface area contributed by atoms with Crippen LogP contribution in [0.25, 0.3) is 0 Å². The largest absolute Gasteiger partial charge is 0.334 e. The van der Waals surface area contributed by atoms with Crippen molar-refractivity contribution in [2.24, 2.45) is 15.9 Å². The second-order valence-corrected chi connectivity index (χ2v) is 6.50. The molecule has 1 aromatic heterocycles. The maximum Gasteiger partial charge on any atom is 0.315 e. The van der Waals surface area contributed by atoms with E-state index in [0.717, 1.165) is 12.8 Å². The lowest BCUT2D eigenvalue weighted by Gasteiger charge is -2.18. The maximum atomic E-state index is 12.3. The van der Waals surface area contributed by atoms with Crippen molar-refractivity contribution in [1.82, 2.24) is 14.7 Å². The molecular formula is C17H22N6O3. The van der Waals surface area contributed by atoms with Crippen LogP contribution in [0.3, 0.4) is 0 Å². The Kier molecular flexibility index (Phi) is 4.97. The number of aliphatic imine (C=N–C) groups is 2. The van der Waals surface area contributed by atoms with Crippen LogP contribution < -0.4 is 5.32 Å². The molecule has 0 aliphatic carbocycles. The number of likely N-dealkylation sites (tertiary alicyclic amines) is 1. The Morgan fingerprint density at radius 3 is 2.54 bits per heavy atom. The molecule has 2 aliphatic rings. The SMILES string of the molecule is CCC1C(=O)N=C(n2nc(C)cc2NC(=O)C(=O)N2CCCC2)N=C1C. The van der Waals surface area contributed by atoms with Crippen molar-refractivity contribution in [3.05, 3.63) is 11.8 Å². The molecule has 1 N–H and O–H groups in total. The quantitative estimate of drug-likeness (QED) is 0.795. The molecule has 1 aromatic rings. The molecule has 1 fully saturated rings. The Morgan fingerprint density at radius 2 is 1.92 bits per heavy atom. The van der Waals surface area contributed by atoms with Crippen LogP contribution in [0.15, 0.2) is 16.1 Å². The molecule has 3 amide bonds. The third-order valence-electron chi connectivity index (χ3n) is 4.55. The number of nitrogens with zero attached hydrogens (tertiary/aromatic N) is 5. The summed E-state index contributed by atoms with van der Waals surface area (Å²) in [5.41, 5.74) is 1.26. The molecule has 1 saturated heterocycles. The summed E-state index contributed by atoms with van der Waals surface area (Å²) in [6, 6.07) is 1.61. The highest BCUT2D eigenvalue weighted by Gasteiger charge is 2.28. The average Bonchev–Trinajstić information content (AvgIpc) is 3.23. The van der Waals surface area contributed by atoms with Crippen LogP contribution in [0.1, 0.15) is 38.8 Å². The zero-order valence-corrected chi connectivity index (χ0v) is 15.2. The van der Waals surface area contributed by atoms with Crippen molar-refractivity contribution in [3.63, 3.8) is 0 Å². The van der Waals surface area contributed by atoms with Gasteiger partial charge in [0.2, 0.25) is 0 Å². The molecule has 0 radical (unpaired) electrons. The van der Waals surface area contributed by atoms with Crippen molar-refractivity contribution in [2.45, 2.75) is 40.0 Å². The minimum atomic E-state index is -0.733. The fourth-order valence-corrected chi connectivity index (χ4v) is 3.16. The van der Waals surface area contributed by atoms with E-state index in [0.29, 0.717) is 30.9 Å². The highest BCUT2D eigenvalue weighted by Crippen LogP contribution is 2.18. The van der Waals surface area contributed by atoms with Gasteiger partial charge < -0.3 is 10.2 Å². The van der Waals surface area contributed by atoms with E-state index < -0.39 is 11.8 Å². The monoisotopic (exact) mass is 358 g/mol. The molecular weight excluding hydrogens is 336 g/mol. The molecule has 138 valence electrons. The third kappa shape index (κ3) is 3.42. The van der Waals surface area contributed by atoms with E-state index in [2.05, 4.69) is 20.4 Å². The summed E-state index contributed by atoms with van der Waals surface area (Å²) in [7, 11) is 0. The Labute approximate surface area is 151 Å². The average molecular weight is 358 g/mol. The van der Waals surface area contributed by atoms with Gasteiger partial charge in [0.15, 0.2) is 0 Å². The molecule has 1 unspecified atom stereocenters. The van der Waals surface area contributed by atoms with Crippen molar-refractivity contribution in [2.75, 3.05) is 18.4 Å². The van der Waals surface area contributed by atoms with E-state index in [1.54, 1.807) is 19.9 Å². The number of carbonyl (C=O) groups is 3. The summed E-state index contributed by atoms with van der Waals surface area (Å²) in [5, 5.41) is 6.82. The minimum absolute atomic E-state index is 0.0919. The predicted molar refractivity (Wildman–Crippen MR) is 96.1 cm³/mol. The fraction of sp³-hybridized carbons (Fsp3) is 0.529. The van der Waals surface area contributed by atoms with Gasteiger partial charge in [0.1, 0.15) is 5.82 Å². The lowest BCUT2D eigenvalue weighted by molar-refractivity contribution is -0.142. The molecule has 0 spiro atoms. The van der Waals surface area contributed by atoms with Crippen LogP contribution in [0.4, 0.5) is 5.82 Å². The topological polar surface area (TPSA) is 109 Å². The molecule has 2 aliphatic heterocycles. The second kappa shape index (κ2) is 7.19. The maximum absolute atomic E-state index is 12.3. The van der Waals surface area contributed by atoms with Crippen molar-refractivity contribution in [3.8, 4) is 0 Å². The predicted octanol–water partition coefficient (Wildman–Crippen LogP) is 0.984. The first kappa shape index (κ1) is 18.0. The lowest BCUT2D eigenvalue weighted by Crippen LogP contribution is -2.38. The molecule has 3 rings (SSSR count). The highest BCUT2D eigenvalue weighted by atomic mass is 16.2. The zero-order valence-electron chi connectivity index (χ0n) is 15.2. The molecule has 3 heterocycles. The van der Waals surface area contributed by atoms with Crippen LogP contribution in [-0.2, 0) is 14.4 Å². The normalized spacial score (nSPS) is 20.0. The number of carbonyl (C=O) groups excluding carboxylic acids is 3. The van der Waals surface area contributed by atoms with Gasteiger partial charge in [0.05, 0.1) is 11.6 Å². The van der Waals surface area contributed by atoms with Gasteiger partial charge in [-0.1, -0.05) is 6.92 Å². The fourth-order valence-electron chi connectivity index (χ4n) is 3.16. The smallest absolute Gasteiger partial charge is 0.315 e. The number of aryl methyl sites for hydroxylation is 1. The number of nitrogens with one attached hydrogen (secondary N) is 1. The van der Waals surface area contributed by atoms with E-state index in [1.165, 1.54) is 9.58 Å². The van der Waals surface area contributed by atoms with E-state index in [9.17, 15) is 14.4 Å². The van der Waals surface area contributed by atoms with Crippen molar-refractivity contribution < 1.29 is 14.4 Å². The van der Waals surface area contributed by atoms with Crippen LogP contribution in [0.5, 0.6) is 0 Å². The van der Waals surface area contributed by atoms with Gasteiger partial charge in [-0.15, -0.1) is 0 Å². The molecule has 9 nitrogen and oxygen atoms in total. The molecule has 0 bridgehead atoms. The standard InChI is InChI=1S/C17H22N6O3/c1-4-12-11(3)18-17(20-14(12)24)23-13(9-10(2)21-23)19-15(25)16(26)22-7-5-6-8-22/h9,12H,4-8H2,1-3H3,(H,19,25). The van der Waals surface area contributed by atoms with E-state index in [4.69, 9.17) is 0 Å². The van der Waals surface area contributed by atoms with Gasteiger partial charge in [-0.05, 0) is 33.1 Å². The number of hydrogen-bond donors (Lipinski definition) is 1. The summed E-state index contributed by atoms with van der Waals surface area (Å²) in [5.74, 6) is -1.56. The van der Waals surface area contributed by atoms with Crippen molar-refractivity contribution >= 4 is 35.2 Å². The summed E-state index contributed by atoms with van der Waals surface area (Å²) in [6.45, 7) is 6.59. The lowest BCUT2D eigenvalue weighted by atomic mass is 10.00. The van der Waals surface area contributed by atoms with Crippen LogP contribution in [-0.4, -0.2) is 57.2 Å². The molecule has 0 saturated carbocycles. The zero-order chi connectivity index (χ0) is 18.8. The van der Waals surface area contributed by atoms with Gasteiger partial charge in [0, 0.05) is 24.9 Å². The van der Waals surface area contributed by atoms with Crippen molar-refractivity contribution in [1.29, 1.82) is 0 Å². The Balaban J connectivity index is 1.84. The first-order chi connectivity index (χ1) is 12.4. The Bertz CT molecular complexity index is 816. The number of amides is 3. The first-order valence-electron chi connectivity index (χ1n) is 8.75. The first-order valence-corrected chi connectivity index (χ1v) is 8.75. The summed E-state index contributed by atoms with van der Waals surface area (Å²) < 4.78 is 1.29. The van der Waals surface area contributed by atoms with Crippen LogP contribution >= 0.6 is 0 Å². The summed E-state index contributed by atoms with van der Waals surface area (Å²) >= 11 is 0. The third-order valence-corrected chi connectivity index (χ3v) is 4.55. The summed E-state index contributed by atoms with van der Waals surface area (Å²) in [4.78, 5) is 46.6. The Hall–Kier alpha value is -2.84. The molecule has 1 atom stereocenters. The van der Waals surface area contributed by atoms with Gasteiger partial charge in [-0.2, -0.15) is 14.8 Å². The molecule has 9 heteroatoms. The van der Waals surface area contributed by atoms with Crippen LogP contribution in [0, 0.1) is 12.8 Å². The highest BCUT2D eigenvalue weighted by molar-refractivity contribution is 6.39. The van der Waals surface area contributed by atoms with E-state index in [1.807, 2.05) is 6.92 Å². The number of anilines is 1. The van der Waals surface area contributed by atoms with E-state index in [-0.39, 0.29) is 23.6 Å². The van der Waals surface area contributed by atoms with Crippen LogP contribution in [0.2, 0.25) is 0 Å². The minimum Gasteiger partial charge on any atom is -0.334 e. The summed E-state index contributed by atoms with van der Waals surface area (Å²) in [6.07, 6.45) is 2.43. The van der Waals surface area contributed by atoms with E-state index >= 15 is 0 Å². The Morgan fingerprint density at radius 1 is 1.23 bits per heavy atom. The number of rotatable bonds is 2. The van der Waals surface area contributed by atoms with Gasteiger partial charge >= 0.3 is 11.8 Å². The number of aromatic nitrogens is 2. The second-order valence-electron chi connectivity index (χ2n) is 6.50. The van der Waals surface area contributed by atoms with Gasteiger partial charge in [-0.25, -0.2) is 4.99 Å². The number of hydrogen-bond acceptors (Lipinski definition) is 5.